The highest BCUT2D eigenvalue weighted by Gasteiger charge is 2.26. The molecule has 3 aromatic rings. The van der Waals surface area contributed by atoms with E-state index >= 15 is 0 Å². The molecule has 8 nitrogen and oxygen atoms in total. The van der Waals surface area contributed by atoms with Gasteiger partial charge in [0.05, 0.1) is 11.3 Å². The lowest BCUT2D eigenvalue weighted by atomic mass is 10.0. The number of carbonyl (C=O) groups excluding carboxylic acids is 3. The van der Waals surface area contributed by atoms with Crippen molar-refractivity contribution in [2.45, 2.75) is 43.8 Å². The minimum Gasteiger partial charge on any atom is -0.370 e. The fraction of sp³-hybridized carbons (Fsp3) is 0.240. The molecule has 5 N–H and O–H groups in total. The molecule has 0 spiro atoms. The molecule has 9 heteroatoms. The molecule has 3 amide bonds. The third-order valence-electron chi connectivity index (χ3n) is 5.29. The number of hydrogen-bond acceptors (Lipinski definition) is 4. The molecule has 0 aliphatic rings. The molecule has 0 saturated carbocycles. The van der Waals surface area contributed by atoms with E-state index in [2.05, 4.69) is 15.4 Å². The van der Waals surface area contributed by atoms with E-state index in [1.54, 1.807) is 24.3 Å². The third kappa shape index (κ3) is 6.72. The highest BCUT2D eigenvalue weighted by atomic mass is 32.2. The lowest BCUT2D eigenvalue weighted by molar-refractivity contribution is -0.130. The summed E-state index contributed by atoms with van der Waals surface area (Å²) in [5.41, 5.74) is 7.22. The Morgan fingerprint density at radius 3 is 2.32 bits per heavy atom. The second-order valence-corrected chi connectivity index (χ2v) is 9.25. The Labute approximate surface area is 200 Å². The van der Waals surface area contributed by atoms with Crippen LogP contribution in [0.25, 0.3) is 10.8 Å². The van der Waals surface area contributed by atoms with E-state index in [0.29, 0.717) is 11.4 Å². The van der Waals surface area contributed by atoms with E-state index in [-0.39, 0.29) is 6.42 Å². The second kappa shape index (κ2) is 11.5. The summed E-state index contributed by atoms with van der Waals surface area (Å²) >= 11 is 0. The molecular formula is C25H28N4O4S. The van der Waals surface area contributed by atoms with Gasteiger partial charge in [0, 0.05) is 6.54 Å². The number of nitrogens with two attached hydrogens (primary N) is 1. The molecule has 178 valence electrons. The molecule has 0 heterocycles. The smallest absolute Gasteiger partial charge is 0.242 e. The van der Waals surface area contributed by atoms with Crippen LogP contribution >= 0.6 is 0 Å². The standard InChI is InChI=1S/C25H28N4O4S/c1-16-10-12-20(13-11-16)34(33)29-22(14-23(26)30)25(32)28-17(2)24(31)27-15-19-8-5-7-18-6-3-4-9-21(18)19/h3-13,17,22,29H,14-15H2,1-2H3,(H2,26,30)(H,27,31)(H,28,32)/t17-,22-,34?/m0/s1. The number of carbonyl (C=O) groups is 3. The molecule has 0 bridgehead atoms. The Balaban J connectivity index is 1.61. The normalized spacial score (nSPS) is 13.6. The zero-order valence-corrected chi connectivity index (χ0v) is 19.9. The van der Waals surface area contributed by atoms with E-state index in [9.17, 15) is 18.6 Å². The van der Waals surface area contributed by atoms with Gasteiger partial charge in [0.15, 0.2) is 0 Å². The summed E-state index contributed by atoms with van der Waals surface area (Å²) in [6.45, 7) is 3.73. The van der Waals surface area contributed by atoms with Crippen LogP contribution in [0, 0.1) is 6.92 Å². The first kappa shape index (κ1) is 25.1. The van der Waals surface area contributed by atoms with E-state index in [4.69, 9.17) is 5.73 Å². The van der Waals surface area contributed by atoms with Gasteiger partial charge < -0.3 is 16.4 Å². The first-order valence-electron chi connectivity index (χ1n) is 10.8. The molecule has 3 atom stereocenters. The molecule has 0 radical (unpaired) electrons. The fourth-order valence-corrected chi connectivity index (χ4v) is 4.38. The van der Waals surface area contributed by atoms with Gasteiger partial charge in [-0.2, -0.15) is 0 Å². The molecule has 0 fully saturated rings. The van der Waals surface area contributed by atoms with Gasteiger partial charge in [-0.25, -0.2) is 8.93 Å². The van der Waals surface area contributed by atoms with Gasteiger partial charge >= 0.3 is 0 Å². The van der Waals surface area contributed by atoms with Crippen LogP contribution < -0.4 is 21.1 Å². The average molecular weight is 481 g/mol. The number of amides is 3. The van der Waals surface area contributed by atoms with Crippen molar-refractivity contribution in [3.63, 3.8) is 0 Å². The predicted octanol–water partition coefficient (Wildman–Crippen LogP) is 1.83. The Hall–Kier alpha value is -3.56. The van der Waals surface area contributed by atoms with Crippen LogP contribution in [0.3, 0.4) is 0 Å². The number of benzene rings is 3. The van der Waals surface area contributed by atoms with Crippen LogP contribution in [0.5, 0.6) is 0 Å². The van der Waals surface area contributed by atoms with Crippen molar-refractivity contribution < 1.29 is 18.6 Å². The fourth-order valence-electron chi connectivity index (χ4n) is 3.41. The lowest BCUT2D eigenvalue weighted by Gasteiger charge is -2.20. The Kier molecular flexibility index (Phi) is 8.50. The predicted molar refractivity (Wildman–Crippen MR) is 132 cm³/mol. The highest BCUT2D eigenvalue weighted by molar-refractivity contribution is 7.83. The summed E-state index contributed by atoms with van der Waals surface area (Å²) < 4.78 is 15.3. The molecule has 0 aliphatic carbocycles. The van der Waals surface area contributed by atoms with Gasteiger partial charge in [-0.1, -0.05) is 60.2 Å². The summed E-state index contributed by atoms with van der Waals surface area (Å²) in [6, 6.07) is 18.6. The van der Waals surface area contributed by atoms with E-state index in [1.807, 2.05) is 49.4 Å². The van der Waals surface area contributed by atoms with Gasteiger partial charge in [-0.3, -0.25) is 14.4 Å². The molecule has 3 aromatic carbocycles. The van der Waals surface area contributed by atoms with Crippen LogP contribution in [0.4, 0.5) is 0 Å². The lowest BCUT2D eigenvalue weighted by Crippen LogP contribution is -2.52. The summed E-state index contributed by atoms with van der Waals surface area (Å²) in [4.78, 5) is 37.3. The Morgan fingerprint density at radius 2 is 1.62 bits per heavy atom. The summed E-state index contributed by atoms with van der Waals surface area (Å²) in [5, 5.41) is 7.49. The zero-order chi connectivity index (χ0) is 24.7. The van der Waals surface area contributed by atoms with Gasteiger partial charge in [-0.05, 0) is 42.3 Å². The van der Waals surface area contributed by atoms with E-state index < -0.39 is 40.8 Å². The number of fused-ring (bicyclic) bond motifs is 1. The largest absolute Gasteiger partial charge is 0.370 e. The van der Waals surface area contributed by atoms with Gasteiger partial charge in [0.25, 0.3) is 0 Å². The molecule has 0 saturated heterocycles. The highest BCUT2D eigenvalue weighted by Crippen LogP contribution is 2.18. The van der Waals surface area contributed by atoms with Crippen molar-refractivity contribution in [3.8, 4) is 0 Å². The maximum Gasteiger partial charge on any atom is 0.242 e. The maximum atomic E-state index is 12.8. The first-order valence-corrected chi connectivity index (χ1v) is 12.0. The third-order valence-corrected chi connectivity index (χ3v) is 6.49. The van der Waals surface area contributed by atoms with Gasteiger partial charge in [0.1, 0.15) is 23.1 Å². The number of primary amides is 1. The maximum absolute atomic E-state index is 12.8. The molecule has 0 aliphatic heterocycles. The van der Waals surface area contributed by atoms with Crippen molar-refractivity contribution in [1.82, 2.24) is 15.4 Å². The molecule has 1 unspecified atom stereocenters. The summed E-state index contributed by atoms with van der Waals surface area (Å²) in [6.07, 6.45) is -0.367. The van der Waals surface area contributed by atoms with Crippen LogP contribution in [-0.2, 0) is 31.9 Å². The Morgan fingerprint density at radius 1 is 0.941 bits per heavy atom. The van der Waals surface area contributed by atoms with Crippen molar-refractivity contribution in [2.24, 2.45) is 5.73 Å². The number of aryl methyl sites for hydroxylation is 1. The molecular weight excluding hydrogens is 452 g/mol. The number of hydrogen-bond donors (Lipinski definition) is 4. The topological polar surface area (TPSA) is 130 Å². The summed E-state index contributed by atoms with van der Waals surface area (Å²) in [7, 11) is -1.75. The van der Waals surface area contributed by atoms with Gasteiger partial charge in [-0.15, -0.1) is 0 Å². The van der Waals surface area contributed by atoms with Crippen molar-refractivity contribution >= 4 is 39.5 Å². The molecule has 0 aromatic heterocycles. The van der Waals surface area contributed by atoms with Crippen molar-refractivity contribution in [3.05, 3.63) is 77.9 Å². The minimum absolute atomic E-state index is 0.292. The molecule has 34 heavy (non-hydrogen) atoms. The van der Waals surface area contributed by atoms with Crippen molar-refractivity contribution in [2.75, 3.05) is 0 Å². The molecule has 3 rings (SSSR count). The average Bonchev–Trinajstić information content (AvgIpc) is 2.82. The Bertz CT molecular complexity index is 1210. The van der Waals surface area contributed by atoms with Gasteiger partial charge in [0.2, 0.25) is 17.7 Å². The van der Waals surface area contributed by atoms with Crippen LogP contribution in [-0.4, -0.2) is 34.0 Å². The van der Waals surface area contributed by atoms with E-state index in [0.717, 1.165) is 21.9 Å². The SMILES string of the molecule is Cc1ccc(S(=O)N[C@@H](CC(N)=O)C(=O)N[C@@H](C)C(=O)NCc2cccc3ccccc23)cc1. The van der Waals surface area contributed by atoms with Crippen LogP contribution in [0.2, 0.25) is 0 Å². The summed E-state index contributed by atoms with van der Waals surface area (Å²) in [5.74, 6) is -1.77. The second-order valence-electron chi connectivity index (χ2n) is 8.01. The van der Waals surface area contributed by atoms with Crippen LogP contribution in [0.15, 0.2) is 71.6 Å². The first-order chi connectivity index (χ1) is 16.2. The number of nitrogens with one attached hydrogen (secondary N) is 3. The zero-order valence-electron chi connectivity index (χ0n) is 19.0. The minimum atomic E-state index is -1.75. The monoisotopic (exact) mass is 480 g/mol. The quantitative estimate of drug-likeness (QED) is 0.353. The van der Waals surface area contributed by atoms with Crippen molar-refractivity contribution in [1.29, 1.82) is 0 Å². The van der Waals surface area contributed by atoms with Crippen LogP contribution in [0.1, 0.15) is 24.5 Å². The number of rotatable bonds is 10. The van der Waals surface area contributed by atoms with E-state index in [1.165, 1.54) is 6.92 Å².